The van der Waals surface area contributed by atoms with Crippen LogP contribution in [-0.2, 0) is 23.6 Å². The molecule has 8 heteroatoms. The van der Waals surface area contributed by atoms with Gasteiger partial charge in [-0.15, -0.1) is 0 Å². The summed E-state index contributed by atoms with van der Waals surface area (Å²) in [7, 11) is 1.77. The topological polar surface area (TPSA) is 102 Å². The van der Waals surface area contributed by atoms with E-state index in [1.54, 1.807) is 9.47 Å². The van der Waals surface area contributed by atoms with Gasteiger partial charge in [0.15, 0.2) is 6.10 Å². The summed E-state index contributed by atoms with van der Waals surface area (Å²) in [6.07, 6.45) is -0.0872. The van der Waals surface area contributed by atoms with E-state index in [0.29, 0.717) is 12.8 Å². The van der Waals surface area contributed by atoms with Crippen molar-refractivity contribution >= 4 is 27.3 Å². The minimum Gasteiger partial charge on any atom is -0.449 e. The number of carbonyl (C=O) groups excluding carboxylic acids is 3. The lowest BCUT2D eigenvalue weighted by atomic mass is 10.1. The van der Waals surface area contributed by atoms with Gasteiger partial charge < -0.3 is 19.7 Å². The number of esters is 1. The Hall–Kier alpha value is -1.20. The zero-order valence-electron chi connectivity index (χ0n) is 11.0. The molecule has 0 fully saturated rings. The molecule has 0 radical (unpaired) electrons. The van der Waals surface area contributed by atoms with Crippen LogP contribution in [0.2, 0.25) is 0 Å². The first-order valence-corrected chi connectivity index (χ1v) is 6.44. The van der Waals surface area contributed by atoms with E-state index in [4.69, 9.17) is 9.84 Å². The fourth-order valence-electron chi connectivity index (χ4n) is 1.31. The van der Waals surface area contributed by atoms with Crippen molar-refractivity contribution in [3.63, 3.8) is 0 Å². The van der Waals surface area contributed by atoms with Crippen LogP contribution in [0.4, 0.5) is 0 Å². The second kappa shape index (κ2) is 9.69. The number of hydrogen-bond donors (Lipinski definition) is 2. The largest absolute Gasteiger partial charge is 0.449 e. The molecule has 0 saturated carbocycles. The van der Waals surface area contributed by atoms with Crippen molar-refractivity contribution in [2.75, 3.05) is 6.61 Å². The van der Waals surface area contributed by atoms with Gasteiger partial charge in [0.2, 0.25) is 5.91 Å². The molecule has 0 aromatic carbocycles. The molecule has 0 aromatic rings. The SMILES string of the molecule is CCC[C@H](NC(=O)CCO)C(=O)O[C@@H](C)C(=O)OP. The number of nitrogens with one attached hydrogen (secondary N) is 1. The number of rotatable bonds is 8. The van der Waals surface area contributed by atoms with Gasteiger partial charge in [-0.3, -0.25) is 4.79 Å². The smallest absolute Gasteiger partial charge is 0.349 e. The highest BCUT2D eigenvalue weighted by Gasteiger charge is 2.25. The van der Waals surface area contributed by atoms with Crippen LogP contribution < -0.4 is 5.32 Å². The molecule has 0 bridgehead atoms. The van der Waals surface area contributed by atoms with Gasteiger partial charge in [-0.25, -0.2) is 9.59 Å². The summed E-state index contributed by atoms with van der Waals surface area (Å²) in [6, 6.07) is -0.830. The normalized spacial score (nSPS) is 13.3. The Morgan fingerprint density at radius 1 is 1.32 bits per heavy atom. The van der Waals surface area contributed by atoms with Crippen LogP contribution in [0.15, 0.2) is 0 Å². The van der Waals surface area contributed by atoms with Crippen LogP contribution in [-0.4, -0.2) is 41.7 Å². The summed E-state index contributed by atoms with van der Waals surface area (Å²) in [4.78, 5) is 34.2. The van der Waals surface area contributed by atoms with E-state index in [1.165, 1.54) is 6.92 Å². The molecule has 0 aromatic heterocycles. The lowest BCUT2D eigenvalue weighted by Crippen LogP contribution is -2.43. The summed E-state index contributed by atoms with van der Waals surface area (Å²) in [5.41, 5.74) is 0. The van der Waals surface area contributed by atoms with Crippen LogP contribution >= 0.6 is 9.47 Å². The highest BCUT2D eigenvalue weighted by atomic mass is 31.0. The first kappa shape index (κ1) is 17.8. The molecule has 0 saturated heterocycles. The predicted molar refractivity (Wildman–Crippen MR) is 69.9 cm³/mol. The standard InChI is InChI=1S/C11H20NO6P/c1-3-4-8(12-9(14)5-6-13)11(16)17-7(2)10(15)18-19/h7-8,13H,3-6,19H2,1-2H3,(H,12,14)/t7-,8-/m0/s1. The minimum absolute atomic E-state index is 0.0866. The monoisotopic (exact) mass is 293 g/mol. The average molecular weight is 293 g/mol. The second-order valence-corrected chi connectivity index (χ2v) is 4.13. The van der Waals surface area contributed by atoms with Crippen LogP contribution in [0, 0.1) is 0 Å². The van der Waals surface area contributed by atoms with Gasteiger partial charge in [0, 0.05) is 6.42 Å². The van der Waals surface area contributed by atoms with Gasteiger partial charge in [-0.1, -0.05) is 13.3 Å². The van der Waals surface area contributed by atoms with Crippen molar-refractivity contribution in [1.82, 2.24) is 5.32 Å². The van der Waals surface area contributed by atoms with E-state index in [1.807, 2.05) is 6.92 Å². The molecule has 0 spiro atoms. The summed E-state index contributed by atoms with van der Waals surface area (Å²) in [5.74, 6) is -1.84. The number of aliphatic hydroxyl groups is 1. The molecular formula is C11H20NO6P. The molecule has 1 amide bonds. The zero-order chi connectivity index (χ0) is 14.8. The lowest BCUT2D eigenvalue weighted by molar-refractivity contribution is -0.162. The Labute approximate surface area is 114 Å². The molecule has 0 aliphatic carbocycles. The van der Waals surface area contributed by atoms with Crippen molar-refractivity contribution < 1.29 is 28.8 Å². The Balaban J connectivity index is 4.48. The maximum atomic E-state index is 11.8. The predicted octanol–water partition coefficient (Wildman–Crippen LogP) is -0.0813. The molecule has 19 heavy (non-hydrogen) atoms. The molecule has 110 valence electrons. The van der Waals surface area contributed by atoms with E-state index in [0.717, 1.165) is 0 Å². The van der Waals surface area contributed by atoms with Crippen LogP contribution in [0.25, 0.3) is 0 Å². The number of hydrogen-bond acceptors (Lipinski definition) is 6. The number of carbonyl (C=O) groups is 3. The van der Waals surface area contributed by atoms with Gasteiger partial charge in [0.1, 0.15) is 6.04 Å². The first-order chi connectivity index (χ1) is 8.96. The number of amides is 1. The Morgan fingerprint density at radius 3 is 2.42 bits per heavy atom. The fourth-order valence-corrected chi connectivity index (χ4v) is 1.50. The molecule has 0 heterocycles. The van der Waals surface area contributed by atoms with Crippen LogP contribution in [0.3, 0.4) is 0 Å². The van der Waals surface area contributed by atoms with Crippen molar-refractivity contribution in [3.05, 3.63) is 0 Å². The quantitative estimate of drug-likeness (QED) is 0.479. The zero-order valence-corrected chi connectivity index (χ0v) is 12.2. The number of ether oxygens (including phenoxy) is 1. The molecule has 0 aliphatic heterocycles. The van der Waals surface area contributed by atoms with Crippen molar-refractivity contribution in [2.45, 2.75) is 45.3 Å². The van der Waals surface area contributed by atoms with E-state index < -0.39 is 30.0 Å². The van der Waals surface area contributed by atoms with E-state index in [9.17, 15) is 14.4 Å². The van der Waals surface area contributed by atoms with Crippen LogP contribution in [0.1, 0.15) is 33.1 Å². The second-order valence-electron chi connectivity index (χ2n) is 3.90. The highest BCUT2D eigenvalue weighted by Crippen LogP contribution is 2.05. The van der Waals surface area contributed by atoms with E-state index in [2.05, 4.69) is 9.84 Å². The summed E-state index contributed by atoms with van der Waals surface area (Å²) in [6.45, 7) is 2.93. The van der Waals surface area contributed by atoms with Gasteiger partial charge in [-0.05, 0) is 13.3 Å². The van der Waals surface area contributed by atoms with Gasteiger partial charge >= 0.3 is 11.9 Å². The van der Waals surface area contributed by atoms with Crippen molar-refractivity contribution in [1.29, 1.82) is 0 Å². The van der Waals surface area contributed by atoms with Gasteiger partial charge in [0.25, 0.3) is 0 Å². The summed E-state index contributed by atoms with van der Waals surface area (Å²) >= 11 is 0. The molecule has 3 atom stereocenters. The van der Waals surface area contributed by atoms with Crippen molar-refractivity contribution in [2.24, 2.45) is 0 Å². The minimum atomic E-state index is -1.04. The Morgan fingerprint density at radius 2 is 1.95 bits per heavy atom. The van der Waals surface area contributed by atoms with Crippen molar-refractivity contribution in [3.8, 4) is 0 Å². The van der Waals surface area contributed by atoms with Crippen LogP contribution in [0.5, 0.6) is 0 Å². The average Bonchev–Trinajstić information content (AvgIpc) is 2.37. The maximum Gasteiger partial charge on any atom is 0.349 e. The highest BCUT2D eigenvalue weighted by molar-refractivity contribution is 7.10. The van der Waals surface area contributed by atoms with Gasteiger partial charge in [-0.2, -0.15) is 0 Å². The summed E-state index contributed by atoms with van der Waals surface area (Å²) < 4.78 is 9.25. The molecule has 0 rings (SSSR count). The third-order valence-corrected chi connectivity index (χ3v) is 2.51. The van der Waals surface area contributed by atoms with Gasteiger partial charge in [0.05, 0.1) is 16.1 Å². The maximum absolute atomic E-state index is 11.8. The first-order valence-electron chi connectivity index (χ1n) is 5.97. The molecule has 1 unspecified atom stereocenters. The molecule has 0 aliphatic rings. The summed E-state index contributed by atoms with van der Waals surface area (Å²) in [5, 5.41) is 11.1. The molecule has 7 nitrogen and oxygen atoms in total. The fraction of sp³-hybridized carbons (Fsp3) is 0.727. The molecule has 2 N–H and O–H groups in total. The lowest BCUT2D eigenvalue weighted by Gasteiger charge is -2.19. The number of aliphatic hydroxyl groups excluding tert-OH is 1. The van der Waals surface area contributed by atoms with E-state index in [-0.39, 0.29) is 13.0 Å². The third-order valence-electron chi connectivity index (χ3n) is 2.28. The van der Waals surface area contributed by atoms with E-state index >= 15 is 0 Å². The molecular weight excluding hydrogens is 273 g/mol. The Bertz CT molecular complexity index is 322. The third kappa shape index (κ3) is 7.08. The Kier molecular flexibility index (Phi) is 9.08.